The second kappa shape index (κ2) is 8.24. The van der Waals surface area contributed by atoms with Gasteiger partial charge in [-0.25, -0.2) is 0 Å². The zero-order chi connectivity index (χ0) is 28.8. The average Bonchev–Trinajstić information content (AvgIpc) is 3.04. The van der Waals surface area contributed by atoms with Crippen molar-refractivity contribution in [3.63, 3.8) is 0 Å². The molecule has 4 aromatic rings. The quantitative estimate of drug-likeness (QED) is 0.148. The van der Waals surface area contributed by atoms with Crippen LogP contribution in [-0.4, -0.2) is 27.9 Å². The highest BCUT2D eigenvalue weighted by Gasteiger charge is 2.50. The molecule has 5 rings (SSSR count). The fraction of sp³-hybridized carbons (Fsp3) is 0.200. The van der Waals surface area contributed by atoms with Crippen molar-refractivity contribution < 1.29 is 51.5 Å². The van der Waals surface area contributed by atoms with E-state index in [2.05, 4.69) is 8.37 Å². The second-order valence-electron chi connectivity index (χ2n) is 9.28. The molecule has 39 heavy (non-hydrogen) atoms. The maximum atomic E-state index is 13.1. The molecule has 0 N–H and O–H groups in total. The van der Waals surface area contributed by atoms with E-state index in [-0.39, 0.29) is 10.8 Å². The zero-order valence-electron chi connectivity index (χ0n) is 19.8. The van der Waals surface area contributed by atoms with E-state index in [1.165, 1.54) is 24.3 Å². The maximum absolute atomic E-state index is 13.1. The number of hydrogen-bond acceptors (Lipinski definition) is 6. The van der Waals surface area contributed by atoms with Crippen LogP contribution in [0.5, 0.6) is 11.5 Å². The lowest BCUT2D eigenvalue weighted by molar-refractivity contribution is -0.0504. The van der Waals surface area contributed by atoms with E-state index < -0.39 is 48.2 Å². The molecule has 0 aromatic heterocycles. The van der Waals surface area contributed by atoms with Gasteiger partial charge in [0.1, 0.15) is 0 Å². The third kappa shape index (κ3) is 4.07. The van der Waals surface area contributed by atoms with Gasteiger partial charge in [0, 0.05) is 16.2 Å². The van der Waals surface area contributed by atoms with E-state index in [1.54, 1.807) is 38.1 Å². The Bertz CT molecular complexity index is 1760. The molecule has 0 radical (unpaired) electrons. The third-order valence-corrected chi connectivity index (χ3v) is 8.51. The van der Waals surface area contributed by atoms with Gasteiger partial charge in [-0.1, -0.05) is 62.4 Å². The van der Waals surface area contributed by atoms with Crippen LogP contribution in [0.2, 0.25) is 0 Å². The van der Waals surface area contributed by atoms with Gasteiger partial charge in [-0.3, -0.25) is 0 Å². The van der Waals surface area contributed by atoms with Gasteiger partial charge in [0.15, 0.2) is 11.5 Å². The Morgan fingerprint density at radius 2 is 0.897 bits per heavy atom. The van der Waals surface area contributed by atoms with Crippen LogP contribution in [0.4, 0.5) is 26.3 Å². The zero-order valence-corrected chi connectivity index (χ0v) is 21.4. The molecule has 206 valence electrons. The first-order chi connectivity index (χ1) is 17.9. The van der Waals surface area contributed by atoms with E-state index in [4.69, 9.17) is 0 Å². The van der Waals surface area contributed by atoms with Crippen molar-refractivity contribution in [1.29, 1.82) is 0 Å². The molecule has 0 aliphatic heterocycles. The lowest BCUT2D eigenvalue weighted by Crippen LogP contribution is -2.28. The molecule has 0 heterocycles. The van der Waals surface area contributed by atoms with Crippen molar-refractivity contribution in [1.82, 2.24) is 0 Å². The topological polar surface area (TPSA) is 86.7 Å². The Hall–Kier alpha value is -3.52. The van der Waals surface area contributed by atoms with Crippen LogP contribution in [0, 0.1) is 0 Å². The molecule has 0 saturated carbocycles. The van der Waals surface area contributed by atoms with Crippen LogP contribution in [0.1, 0.15) is 25.0 Å². The summed E-state index contributed by atoms with van der Waals surface area (Å²) < 4.78 is 135. The molecule has 0 bridgehead atoms. The predicted molar refractivity (Wildman–Crippen MR) is 130 cm³/mol. The monoisotopic (exact) mass is 590 g/mol. The molecule has 0 amide bonds. The fourth-order valence-electron chi connectivity index (χ4n) is 4.82. The summed E-state index contributed by atoms with van der Waals surface area (Å²) >= 11 is 0. The van der Waals surface area contributed by atoms with Crippen molar-refractivity contribution in [2.45, 2.75) is 30.3 Å². The SMILES string of the molecule is CC1(C)c2cc(OS(=O)(=O)C(F)(F)F)c3ccccc3c2-c2c1cc(OS(=O)(=O)C(F)(F)F)c1ccccc21. The molecule has 0 fully saturated rings. The number of halogens is 6. The fourth-order valence-corrected chi connectivity index (χ4v) is 5.76. The summed E-state index contributed by atoms with van der Waals surface area (Å²) in [6, 6.07) is 14.2. The Labute approximate surface area is 218 Å². The molecule has 0 unspecified atom stereocenters. The van der Waals surface area contributed by atoms with E-state index in [9.17, 15) is 43.2 Å². The first-order valence-electron chi connectivity index (χ1n) is 11.0. The standard InChI is InChI=1S/C25H16F6O6S2/c1-23(2)17-11-19(36-38(32,33)24(26,27)28)13-7-3-5-9-15(13)21(17)22-16-10-6-4-8-14(16)20(12-18(22)23)37-39(34,35)25(29,30)31/h3-12H,1-2H3. The summed E-state index contributed by atoms with van der Waals surface area (Å²) in [6.45, 7) is 3.20. The summed E-state index contributed by atoms with van der Waals surface area (Å²) in [6.07, 6.45) is 0. The molecule has 6 nitrogen and oxygen atoms in total. The Kier molecular flexibility index (Phi) is 5.72. The lowest BCUT2D eigenvalue weighted by Gasteiger charge is -2.23. The van der Waals surface area contributed by atoms with Crippen molar-refractivity contribution in [3.8, 4) is 22.6 Å². The van der Waals surface area contributed by atoms with Gasteiger partial charge >= 0.3 is 31.3 Å². The van der Waals surface area contributed by atoms with Gasteiger partial charge in [0.2, 0.25) is 0 Å². The number of alkyl halides is 6. The van der Waals surface area contributed by atoms with Crippen molar-refractivity contribution in [3.05, 3.63) is 71.8 Å². The Balaban J connectivity index is 1.85. The molecular weight excluding hydrogens is 574 g/mol. The van der Waals surface area contributed by atoms with Gasteiger partial charge < -0.3 is 8.37 Å². The average molecular weight is 591 g/mol. The summed E-state index contributed by atoms with van der Waals surface area (Å²) in [7, 11) is -12.1. The van der Waals surface area contributed by atoms with Gasteiger partial charge in [-0.2, -0.15) is 43.2 Å². The maximum Gasteiger partial charge on any atom is 0.534 e. The second-order valence-corrected chi connectivity index (χ2v) is 12.4. The Morgan fingerprint density at radius 3 is 1.21 bits per heavy atom. The molecule has 0 atom stereocenters. The highest BCUT2D eigenvalue weighted by Crippen LogP contribution is 2.57. The van der Waals surface area contributed by atoms with Gasteiger partial charge in [0.25, 0.3) is 0 Å². The van der Waals surface area contributed by atoms with E-state index >= 15 is 0 Å². The summed E-state index contributed by atoms with van der Waals surface area (Å²) in [5, 5.41) is 0.709. The molecule has 0 spiro atoms. The molecule has 1 aliphatic rings. The predicted octanol–water partition coefficient (Wildman–Crippen LogP) is 6.76. The first kappa shape index (κ1) is 27.1. The number of hydrogen-bond donors (Lipinski definition) is 0. The molecule has 0 saturated heterocycles. The highest BCUT2D eigenvalue weighted by atomic mass is 32.2. The van der Waals surface area contributed by atoms with Crippen LogP contribution in [0.3, 0.4) is 0 Å². The summed E-state index contributed by atoms with van der Waals surface area (Å²) in [5.41, 5.74) is -11.0. The van der Waals surface area contributed by atoms with E-state index in [0.29, 0.717) is 33.0 Å². The van der Waals surface area contributed by atoms with Crippen molar-refractivity contribution in [2.24, 2.45) is 0 Å². The number of benzene rings is 4. The largest absolute Gasteiger partial charge is 0.534 e. The minimum atomic E-state index is -6.03. The molecule has 14 heteroatoms. The molecular formula is C25H16F6O6S2. The van der Waals surface area contributed by atoms with E-state index in [1.807, 2.05) is 0 Å². The van der Waals surface area contributed by atoms with Crippen LogP contribution < -0.4 is 8.37 Å². The minimum absolute atomic E-state index is 0.0387. The molecule has 1 aliphatic carbocycles. The number of fused-ring (bicyclic) bond motifs is 7. The highest BCUT2D eigenvalue weighted by molar-refractivity contribution is 7.88. The smallest absolute Gasteiger partial charge is 0.375 e. The summed E-state index contributed by atoms with van der Waals surface area (Å²) in [4.78, 5) is 0. The van der Waals surface area contributed by atoms with Crippen LogP contribution >= 0.6 is 0 Å². The lowest BCUT2D eigenvalue weighted by atomic mass is 9.81. The van der Waals surface area contributed by atoms with Crippen LogP contribution in [0.25, 0.3) is 32.7 Å². The van der Waals surface area contributed by atoms with Crippen molar-refractivity contribution in [2.75, 3.05) is 0 Å². The Morgan fingerprint density at radius 1 is 0.590 bits per heavy atom. The van der Waals surface area contributed by atoms with E-state index in [0.717, 1.165) is 12.1 Å². The summed E-state index contributed by atoms with van der Waals surface area (Å²) in [5.74, 6) is -1.19. The number of rotatable bonds is 4. The van der Waals surface area contributed by atoms with Gasteiger partial charge in [-0.05, 0) is 45.2 Å². The van der Waals surface area contributed by atoms with Crippen LogP contribution in [-0.2, 0) is 25.7 Å². The minimum Gasteiger partial charge on any atom is -0.375 e. The third-order valence-electron chi connectivity index (χ3n) is 6.58. The van der Waals surface area contributed by atoms with Gasteiger partial charge in [-0.15, -0.1) is 0 Å². The normalized spacial score (nSPS) is 15.3. The molecule has 4 aromatic carbocycles. The van der Waals surface area contributed by atoms with Gasteiger partial charge in [0.05, 0.1) is 0 Å². The van der Waals surface area contributed by atoms with Crippen LogP contribution in [0.15, 0.2) is 60.7 Å². The van der Waals surface area contributed by atoms with Crippen molar-refractivity contribution >= 4 is 41.8 Å². The first-order valence-corrected chi connectivity index (χ1v) is 13.8.